The van der Waals surface area contributed by atoms with E-state index in [0.717, 1.165) is 0 Å². The number of halogens is 3. The molecule has 20 heavy (non-hydrogen) atoms. The zero-order valence-electron chi connectivity index (χ0n) is 10.1. The van der Waals surface area contributed by atoms with Gasteiger partial charge in [0.25, 0.3) is 0 Å². The number of hydrogen-bond donors (Lipinski definition) is 1. The van der Waals surface area contributed by atoms with E-state index in [1.54, 1.807) is 6.07 Å². The van der Waals surface area contributed by atoms with E-state index in [-0.39, 0.29) is 22.2 Å². The van der Waals surface area contributed by atoms with Crippen molar-refractivity contribution in [3.05, 3.63) is 53.1 Å². The Morgan fingerprint density at radius 2 is 1.85 bits per heavy atom. The van der Waals surface area contributed by atoms with Gasteiger partial charge in [0.15, 0.2) is 11.6 Å². The highest BCUT2D eigenvalue weighted by molar-refractivity contribution is 6.31. The van der Waals surface area contributed by atoms with E-state index >= 15 is 0 Å². The third-order valence-corrected chi connectivity index (χ3v) is 3.17. The van der Waals surface area contributed by atoms with Crippen molar-refractivity contribution in [1.29, 1.82) is 0 Å². The molecule has 100 valence electrons. The first-order valence-corrected chi connectivity index (χ1v) is 6.11. The molecule has 0 saturated carbocycles. The summed E-state index contributed by atoms with van der Waals surface area (Å²) in [6.07, 6.45) is 0. The number of nitrogens with zero attached hydrogens (tertiary/aromatic N) is 2. The quantitative estimate of drug-likeness (QED) is 0.742. The lowest BCUT2D eigenvalue weighted by Crippen LogP contribution is -1.99. The molecule has 1 aromatic heterocycles. The zero-order chi connectivity index (χ0) is 14.3. The zero-order valence-corrected chi connectivity index (χ0v) is 10.8. The van der Waals surface area contributed by atoms with Crippen LogP contribution in [0.5, 0.6) is 0 Å². The van der Waals surface area contributed by atoms with E-state index in [2.05, 4.69) is 9.97 Å². The van der Waals surface area contributed by atoms with Gasteiger partial charge in [0.1, 0.15) is 11.6 Å². The fourth-order valence-corrected chi connectivity index (χ4v) is 2.10. The summed E-state index contributed by atoms with van der Waals surface area (Å²) in [5.74, 6) is -0.852. The number of aromatic nitrogens is 2. The van der Waals surface area contributed by atoms with Gasteiger partial charge in [0.05, 0.1) is 16.1 Å². The lowest BCUT2D eigenvalue weighted by Gasteiger charge is -2.07. The van der Waals surface area contributed by atoms with Gasteiger partial charge in [-0.05, 0) is 30.3 Å². The number of benzene rings is 2. The lowest BCUT2D eigenvalue weighted by atomic mass is 10.1. The van der Waals surface area contributed by atoms with Gasteiger partial charge in [-0.25, -0.2) is 18.7 Å². The molecule has 1 heterocycles. The molecular weight excluding hydrogens is 284 g/mol. The number of hydrogen-bond acceptors (Lipinski definition) is 3. The predicted molar refractivity (Wildman–Crippen MR) is 74.3 cm³/mol. The normalized spacial score (nSPS) is 10.9. The van der Waals surface area contributed by atoms with Crippen LogP contribution in [0.4, 0.5) is 14.6 Å². The van der Waals surface area contributed by atoms with Crippen molar-refractivity contribution in [3.63, 3.8) is 0 Å². The highest BCUT2D eigenvalue weighted by Crippen LogP contribution is 2.28. The molecule has 0 fully saturated rings. The molecule has 0 unspecified atom stereocenters. The van der Waals surface area contributed by atoms with Crippen LogP contribution < -0.4 is 5.73 Å². The van der Waals surface area contributed by atoms with E-state index in [1.165, 1.54) is 30.3 Å². The summed E-state index contributed by atoms with van der Waals surface area (Å²) < 4.78 is 27.1. The van der Waals surface area contributed by atoms with Crippen LogP contribution in [-0.2, 0) is 0 Å². The van der Waals surface area contributed by atoms with E-state index in [0.29, 0.717) is 10.9 Å². The molecule has 0 aliphatic carbocycles. The average Bonchev–Trinajstić information content (AvgIpc) is 2.42. The van der Waals surface area contributed by atoms with Gasteiger partial charge < -0.3 is 5.73 Å². The Labute approximate surface area is 118 Å². The van der Waals surface area contributed by atoms with Crippen LogP contribution in [-0.4, -0.2) is 9.97 Å². The maximum Gasteiger partial charge on any atom is 0.165 e. The van der Waals surface area contributed by atoms with Crippen molar-refractivity contribution in [1.82, 2.24) is 9.97 Å². The van der Waals surface area contributed by atoms with Crippen molar-refractivity contribution in [3.8, 4) is 11.4 Å². The van der Waals surface area contributed by atoms with E-state index in [4.69, 9.17) is 17.3 Å². The Kier molecular flexibility index (Phi) is 2.99. The summed E-state index contributed by atoms with van der Waals surface area (Å²) in [4.78, 5) is 8.21. The highest BCUT2D eigenvalue weighted by atomic mass is 35.5. The fraction of sp³-hybridized carbons (Fsp3) is 0. The van der Waals surface area contributed by atoms with Crippen molar-refractivity contribution in [2.75, 3.05) is 5.73 Å². The maximum absolute atomic E-state index is 14.0. The molecule has 0 aliphatic heterocycles. The van der Waals surface area contributed by atoms with Crippen LogP contribution in [0.1, 0.15) is 0 Å². The second-order valence-corrected chi connectivity index (χ2v) is 4.60. The summed E-state index contributed by atoms with van der Waals surface area (Å²) in [5.41, 5.74) is 6.36. The minimum atomic E-state index is -0.616. The van der Waals surface area contributed by atoms with Gasteiger partial charge in [-0.1, -0.05) is 17.7 Å². The second kappa shape index (κ2) is 4.68. The maximum atomic E-state index is 14.0. The standard InChI is InChI=1S/C14H8ClF2N3/c15-10-3-1-2-8(12(10)17)14-19-11-5-4-7(16)6-9(11)13(18)20-14/h1-6H,(H2,18,19,20). The number of fused-ring (bicyclic) bond motifs is 1. The molecule has 0 spiro atoms. The highest BCUT2D eigenvalue weighted by Gasteiger charge is 2.13. The molecule has 0 bridgehead atoms. The average molecular weight is 292 g/mol. The summed E-state index contributed by atoms with van der Waals surface area (Å²) in [6, 6.07) is 8.49. The SMILES string of the molecule is Nc1nc(-c2cccc(Cl)c2F)nc2ccc(F)cc12. The fourth-order valence-electron chi connectivity index (χ4n) is 1.92. The van der Waals surface area contributed by atoms with Gasteiger partial charge in [-0.3, -0.25) is 0 Å². The van der Waals surface area contributed by atoms with Crippen LogP contribution in [0.15, 0.2) is 36.4 Å². The molecule has 0 amide bonds. The number of anilines is 1. The van der Waals surface area contributed by atoms with E-state index in [1.807, 2.05) is 0 Å². The monoisotopic (exact) mass is 291 g/mol. The minimum absolute atomic E-state index is 0.0242. The first-order valence-electron chi connectivity index (χ1n) is 5.73. The van der Waals surface area contributed by atoms with Crippen molar-refractivity contribution in [2.24, 2.45) is 0 Å². The Morgan fingerprint density at radius 3 is 2.65 bits per heavy atom. The molecule has 3 aromatic rings. The number of nitrogens with two attached hydrogens (primary N) is 1. The number of nitrogen functional groups attached to an aromatic ring is 1. The first-order chi connectivity index (χ1) is 9.56. The first kappa shape index (κ1) is 12.7. The van der Waals surface area contributed by atoms with Gasteiger partial charge in [-0.2, -0.15) is 0 Å². The van der Waals surface area contributed by atoms with Gasteiger partial charge in [0, 0.05) is 5.39 Å². The molecule has 0 atom stereocenters. The summed E-state index contributed by atoms with van der Waals surface area (Å²) in [7, 11) is 0. The van der Waals surface area contributed by atoms with Crippen LogP contribution in [0.3, 0.4) is 0 Å². The van der Waals surface area contributed by atoms with Crippen LogP contribution in [0.25, 0.3) is 22.3 Å². The van der Waals surface area contributed by atoms with Crippen molar-refractivity contribution < 1.29 is 8.78 Å². The van der Waals surface area contributed by atoms with Gasteiger partial charge in [-0.15, -0.1) is 0 Å². The Balaban J connectivity index is 2.28. The molecule has 2 N–H and O–H groups in total. The van der Waals surface area contributed by atoms with Crippen molar-refractivity contribution in [2.45, 2.75) is 0 Å². The second-order valence-electron chi connectivity index (χ2n) is 4.20. The van der Waals surface area contributed by atoms with Gasteiger partial charge in [0.2, 0.25) is 0 Å². The Morgan fingerprint density at radius 1 is 1.05 bits per heavy atom. The lowest BCUT2D eigenvalue weighted by molar-refractivity contribution is 0.628. The predicted octanol–water partition coefficient (Wildman–Crippen LogP) is 3.81. The topological polar surface area (TPSA) is 51.8 Å². The molecule has 3 rings (SSSR count). The molecule has 0 saturated heterocycles. The number of rotatable bonds is 1. The molecule has 3 nitrogen and oxygen atoms in total. The smallest absolute Gasteiger partial charge is 0.165 e. The molecule has 6 heteroatoms. The summed E-state index contributed by atoms with van der Waals surface area (Å²) >= 11 is 5.73. The molecule has 0 radical (unpaired) electrons. The largest absolute Gasteiger partial charge is 0.383 e. The summed E-state index contributed by atoms with van der Waals surface area (Å²) in [5, 5.41) is 0.361. The van der Waals surface area contributed by atoms with E-state index < -0.39 is 11.6 Å². The van der Waals surface area contributed by atoms with Crippen molar-refractivity contribution >= 4 is 28.3 Å². The van der Waals surface area contributed by atoms with E-state index in [9.17, 15) is 8.78 Å². The third-order valence-electron chi connectivity index (χ3n) is 2.88. The Bertz CT molecular complexity index is 821. The summed E-state index contributed by atoms with van der Waals surface area (Å²) in [6.45, 7) is 0. The van der Waals surface area contributed by atoms with Crippen LogP contribution >= 0.6 is 11.6 Å². The van der Waals surface area contributed by atoms with Gasteiger partial charge >= 0.3 is 0 Å². The van der Waals surface area contributed by atoms with Crippen LogP contribution in [0, 0.1) is 11.6 Å². The minimum Gasteiger partial charge on any atom is -0.383 e. The molecule has 0 aliphatic rings. The molecule has 2 aromatic carbocycles. The van der Waals surface area contributed by atoms with Crippen LogP contribution in [0.2, 0.25) is 5.02 Å². The Hall–Kier alpha value is -2.27. The molecular formula is C14H8ClF2N3. The third kappa shape index (κ3) is 2.06.